The second-order valence-electron chi connectivity index (χ2n) is 6.45. The first-order valence-electron chi connectivity index (χ1n) is 8.32. The highest BCUT2D eigenvalue weighted by atomic mass is 15.3. The second kappa shape index (κ2) is 5.99. The van der Waals surface area contributed by atoms with E-state index in [1.54, 1.807) is 6.20 Å². The van der Waals surface area contributed by atoms with Gasteiger partial charge in [-0.05, 0) is 37.7 Å². The zero-order valence-corrected chi connectivity index (χ0v) is 13.3. The van der Waals surface area contributed by atoms with Gasteiger partial charge in [-0.1, -0.05) is 25.1 Å². The van der Waals surface area contributed by atoms with Gasteiger partial charge in [-0.15, -0.1) is 0 Å². The minimum atomic E-state index is 0.482. The molecule has 0 unspecified atom stereocenters. The topological polar surface area (TPSA) is 55.6 Å². The van der Waals surface area contributed by atoms with Crippen LogP contribution in [0.25, 0.3) is 16.7 Å². The average molecular weight is 307 g/mol. The smallest absolute Gasteiger partial charge is 0.224 e. The Morgan fingerprint density at radius 3 is 2.78 bits per heavy atom. The molecule has 2 aromatic heterocycles. The molecule has 4 rings (SSSR count). The van der Waals surface area contributed by atoms with Crippen molar-refractivity contribution in [1.82, 2.24) is 19.7 Å². The third-order valence-electron chi connectivity index (χ3n) is 4.68. The standard InChI is InChI=1S/C18H21N5/c1-13-6-8-15(9-7-13)21-18-19-11-10-17(22-18)23-16-5-3-2-4-14(16)12-20-23/h2-5,10-13,15H,6-9H2,1H3,(H,19,21,22). The summed E-state index contributed by atoms with van der Waals surface area (Å²) in [5.41, 5.74) is 1.06. The Balaban J connectivity index is 1.59. The highest BCUT2D eigenvalue weighted by molar-refractivity contribution is 5.79. The first-order chi connectivity index (χ1) is 11.3. The van der Waals surface area contributed by atoms with Gasteiger partial charge in [0.1, 0.15) is 0 Å². The molecule has 23 heavy (non-hydrogen) atoms. The van der Waals surface area contributed by atoms with Gasteiger partial charge in [-0.3, -0.25) is 0 Å². The van der Waals surface area contributed by atoms with Gasteiger partial charge < -0.3 is 5.32 Å². The molecule has 1 aliphatic carbocycles. The van der Waals surface area contributed by atoms with E-state index < -0.39 is 0 Å². The Morgan fingerprint density at radius 1 is 1.09 bits per heavy atom. The van der Waals surface area contributed by atoms with E-state index >= 15 is 0 Å². The van der Waals surface area contributed by atoms with Crippen LogP contribution in [0.5, 0.6) is 0 Å². The Morgan fingerprint density at radius 2 is 1.91 bits per heavy atom. The Hall–Kier alpha value is -2.43. The minimum Gasteiger partial charge on any atom is -0.351 e. The molecule has 1 fully saturated rings. The van der Waals surface area contributed by atoms with Gasteiger partial charge in [0, 0.05) is 23.7 Å². The maximum Gasteiger partial charge on any atom is 0.224 e. The predicted octanol–water partition coefficient (Wildman–Crippen LogP) is 3.81. The number of nitrogens with zero attached hydrogens (tertiary/aromatic N) is 4. The molecule has 3 aromatic rings. The van der Waals surface area contributed by atoms with Gasteiger partial charge >= 0.3 is 0 Å². The summed E-state index contributed by atoms with van der Waals surface area (Å²) in [6.07, 6.45) is 8.61. The van der Waals surface area contributed by atoms with Crippen LogP contribution in [0.4, 0.5) is 5.95 Å². The molecule has 0 radical (unpaired) electrons. The number of benzene rings is 1. The molecule has 0 atom stereocenters. The normalized spacial score (nSPS) is 21.4. The molecule has 0 saturated heterocycles. The molecule has 0 aliphatic heterocycles. The van der Waals surface area contributed by atoms with Gasteiger partial charge in [0.25, 0.3) is 0 Å². The van der Waals surface area contributed by atoms with E-state index in [9.17, 15) is 0 Å². The first kappa shape index (κ1) is 14.2. The first-order valence-corrected chi connectivity index (χ1v) is 8.32. The monoisotopic (exact) mass is 307 g/mol. The maximum atomic E-state index is 4.66. The number of para-hydroxylation sites is 1. The molecule has 0 bridgehead atoms. The lowest BCUT2D eigenvalue weighted by molar-refractivity contribution is 0.360. The van der Waals surface area contributed by atoms with Crippen LogP contribution in [0.15, 0.2) is 42.7 Å². The molecule has 1 N–H and O–H groups in total. The molecule has 1 aliphatic rings. The Labute approximate surface area is 135 Å². The molecule has 0 spiro atoms. The summed E-state index contributed by atoms with van der Waals surface area (Å²) < 4.78 is 1.87. The molecule has 118 valence electrons. The maximum absolute atomic E-state index is 4.66. The fraction of sp³-hybridized carbons (Fsp3) is 0.389. The van der Waals surface area contributed by atoms with E-state index in [-0.39, 0.29) is 0 Å². The van der Waals surface area contributed by atoms with Crippen molar-refractivity contribution in [2.24, 2.45) is 5.92 Å². The zero-order chi connectivity index (χ0) is 15.6. The molecule has 5 nitrogen and oxygen atoms in total. The lowest BCUT2D eigenvalue weighted by atomic mass is 9.87. The minimum absolute atomic E-state index is 0.482. The van der Waals surface area contributed by atoms with Crippen LogP contribution in [-0.2, 0) is 0 Å². The highest BCUT2D eigenvalue weighted by Gasteiger charge is 2.18. The van der Waals surface area contributed by atoms with Gasteiger partial charge in [0.15, 0.2) is 5.82 Å². The number of aromatic nitrogens is 4. The third kappa shape index (κ3) is 2.91. The summed E-state index contributed by atoms with van der Waals surface area (Å²) in [7, 11) is 0. The number of anilines is 1. The molecule has 1 saturated carbocycles. The quantitative estimate of drug-likeness (QED) is 0.799. The van der Waals surface area contributed by atoms with Crippen molar-refractivity contribution in [2.75, 3.05) is 5.32 Å². The van der Waals surface area contributed by atoms with Gasteiger partial charge in [0.2, 0.25) is 5.95 Å². The number of fused-ring (bicyclic) bond motifs is 1. The fourth-order valence-electron chi connectivity index (χ4n) is 3.28. The Kier molecular flexibility index (Phi) is 3.69. The largest absolute Gasteiger partial charge is 0.351 e. The van der Waals surface area contributed by atoms with Crippen molar-refractivity contribution in [3.05, 3.63) is 42.7 Å². The summed E-state index contributed by atoms with van der Waals surface area (Å²) in [5, 5.41) is 9.06. The summed E-state index contributed by atoms with van der Waals surface area (Å²) >= 11 is 0. The number of rotatable bonds is 3. The van der Waals surface area contributed by atoms with E-state index in [0.717, 1.165) is 22.6 Å². The van der Waals surface area contributed by atoms with Gasteiger partial charge in [-0.2, -0.15) is 10.1 Å². The summed E-state index contributed by atoms with van der Waals surface area (Å²) in [6.45, 7) is 2.33. The summed E-state index contributed by atoms with van der Waals surface area (Å²) in [6, 6.07) is 10.5. The average Bonchev–Trinajstić information content (AvgIpc) is 3.01. The molecule has 1 aromatic carbocycles. The predicted molar refractivity (Wildman–Crippen MR) is 91.7 cm³/mol. The van der Waals surface area contributed by atoms with Crippen molar-refractivity contribution in [2.45, 2.75) is 38.6 Å². The fourth-order valence-corrected chi connectivity index (χ4v) is 3.28. The molecule has 0 amide bonds. The molecular formula is C18H21N5. The van der Waals surface area contributed by atoms with Crippen LogP contribution >= 0.6 is 0 Å². The Bertz CT molecular complexity index is 802. The van der Waals surface area contributed by atoms with Crippen LogP contribution in [0.1, 0.15) is 32.6 Å². The zero-order valence-electron chi connectivity index (χ0n) is 13.3. The van der Waals surface area contributed by atoms with E-state index in [0.29, 0.717) is 12.0 Å². The third-order valence-corrected chi connectivity index (χ3v) is 4.68. The van der Waals surface area contributed by atoms with Crippen LogP contribution in [0, 0.1) is 5.92 Å². The van der Waals surface area contributed by atoms with E-state index in [4.69, 9.17) is 0 Å². The highest BCUT2D eigenvalue weighted by Crippen LogP contribution is 2.25. The summed E-state index contributed by atoms with van der Waals surface area (Å²) in [5.74, 6) is 2.34. The summed E-state index contributed by atoms with van der Waals surface area (Å²) in [4.78, 5) is 9.04. The lowest BCUT2D eigenvalue weighted by Crippen LogP contribution is -2.26. The van der Waals surface area contributed by atoms with E-state index in [1.165, 1.54) is 25.7 Å². The molecule has 2 heterocycles. The lowest BCUT2D eigenvalue weighted by Gasteiger charge is -2.26. The SMILES string of the molecule is CC1CCC(Nc2nccc(-n3ncc4ccccc43)n2)CC1. The van der Waals surface area contributed by atoms with E-state index in [1.807, 2.05) is 29.1 Å². The van der Waals surface area contributed by atoms with Crippen molar-refractivity contribution in [3.63, 3.8) is 0 Å². The van der Waals surface area contributed by atoms with Crippen LogP contribution in [0.2, 0.25) is 0 Å². The number of hydrogen-bond donors (Lipinski definition) is 1. The van der Waals surface area contributed by atoms with Crippen molar-refractivity contribution >= 4 is 16.9 Å². The number of hydrogen-bond acceptors (Lipinski definition) is 4. The van der Waals surface area contributed by atoms with Crippen molar-refractivity contribution < 1.29 is 0 Å². The van der Waals surface area contributed by atoms with Gasteiger partial charge in [0.05, 0.1) is 11.7 Å². The molecular weight excluding hydrogens is 286 g/mol. The van der Waals surface area contributed by atoms with Crippen molar-refractivity contribution in [1.29, 1.82) is 0 Å². The second-order valence-corrected chi connectivity index (χ2v) is 6.45. The van der Waals surface area contributed by atoms with E-state index in [2.05, 4.69) is 39.4 Å². The molecule has 5 heteroatoms. The van der Waals surface area contributed by atoms with Crippen molar-refractivity contribution in [3.8, 4) is 5.82 Å². The van der Waals surface area contributed by atoms with Crippen LogP contribution in [0.3, 0.4) is 0 Å². The number of nitrogens with one attached hydrogen (secondary N) is 1. The van der Waals surface area contributed by atoms with Gasteiger partial charge in [-0.25, -0.2) is 9.67 Å². The van der Waals surface area contributed by atoms with Crippen LogP contribution in [-0.4, -0.2) is 25.8 Å². The van der Waals surface area contributed by atoms with Crippen LogP contribution < -0.4 is 5.32 Å².